The predicted octanol–water partition coefficient (Wildman–Crippen LogP) is 2.40. The van der Waals surface area contributed by atoms with Crippen LogP contribution in [0.2, 0.25) is 0 Å². The summed E-state index contributed by atoms with van der Waals surface area (Å²) in [6.45, 7) is 2.36. The maximum absolute atomic E-state index is 13.0. The number of imidazole rings is 1. The summed E-state index contributed by atoms with van der Waals surface area (Å²) in [5.74, 6) is -0.0310. The van der Waals surface area contributed by atoms with E-state index in [0.29, 0.717) is 23.7 Å². The first-order valence-electron chi connectivity index (χ1n) is 9.31. The molecule has 1 amide bonds. The van der Waals surface area contributed by atoms with Crippen LogP contribution in [-0.4, -0.2) is 42.9 Å². The number of aromatic nitrogens is 5. The van der Waals surface area contributed by atoms with Crippen molar-refractivity contribution in [1.29, 1.82) is 0 Å². The summed E-state index contributed by atoms with van der Waals surface area (Å²) in [4.78, 5) is 34.1. The summed E-state index contributed by atoms with van der Waals surface area (Å²) >= 11 is 0. The van der Waals surface area contributed by atoms with Crippen molar-refractivity contribution in [1.82, 2.24) is 29.5 Å². The van der Waals surface area contributed by atoms with Gasteiger partial charge < -0.3 is 5.32 Å². The first-order chi connectivity index (χ1) is 14.1. The summed E-state index contributed by atoms with van der Waals surface area (Å²) in [5, 5.41) is 6.70. The average Bonchev–Trinajstić information content (AvgIpc) is 3.37. The van der Waals surface area contributed by atoms with Crippen molar-refractivity contribution in [2.45, 2.75) is 19.9 Å². The molecule has 1 N–H and O–H groups in total. The minimum atomic E-state index is -0.336. The van der Waals surface area contributed by atoms with E-state index in [4.69, 9.17) is 0 Å². The average molecular weight is 388 g/mol. The molecular formula is C21H20N6O2. The topological polar surface area (TPSA) is 94.2 Å². The second-order valence-corrected chi connectivity index (χ2v) is 6.52. The first-order valence-corrected chi connectivity index (χ1v) is 9.31. The fourth-order valence-electron chi connectivity index (χ4n) is 3.22. The van der Waals surface area contributed by atoms with Gasteiger partial charge in [0.25, 0.3) is 5.91 Å². The lowest BCUT2D eigenvalue weighted by Crippen LogP contribution is -2.22. The van der Waals surface area contributed by atoms with Crippen LogP contribution in [0.15, 0.2) is 55.0 Å². The van der Waals surface area contributed by atoms with Crippen LogP contribution in [0.5, 0.6) is 0 Å². The third-order valence-corrected chi connectivity index (χ3v) is 4.67. The largest absolute Gasteiger partial charge is 0.355 e. The highest BCUT2D eigenvalue weighted by molar-refractivity contribution is 6.07. The van der Waals surface area contributed by atoms with Gasteiger partial charge >= 0.3 is 0 Å². The van der Waals surface area contributed by atoms with E-state index in [0.717, 1.165) is 11.3 Å². The Morgan fingerprint density at radius 2 is 1.90 bits per heavy atom. The highest BCUT2D eigenvalue weighted by Gasteiger charge is 2.23. The van der Waals surface area contributed by atoms with Gasteiger partial charge in [0.05, 0.1) is 29.6 Å². The Morgan fingerprint density at radius 1 is 1.10 bits per heavy atom. The molecule has 0 unspecified atom stereocenters. The van der Waals surface area contributed by atoms with Gasteiger partial charge in [0.15, 0.2) is 5.78 Å². The monoisotopic (exact) mass is 388 g/mol. The molecule has 0 fully saturated rings. The molecule has 4 rings (SSSR count). The van der Waals surface area contributed by atoms with Crippen LogP contribution in [0, 0.1) is 0 Å². The van der Waals surface area contributed by atoms with E-state index in [9.17, 15) is 9.59 Å². The van der Waals surface area contributed by atoms with Crippen molar-refractivity contribution < 1.29 is 9.59 Å². The molecule has 3 aromatic heterocycles. The third kappa shape index (κ3) is 3.52. The Hall–Kier alpha value is -3.81. The van der Waals surface area contributed by atoms with Crippen LogP contribution < -0.4 is 5.32 Å². The summed E-state index contributed by atoms with van der Waals surface area (Å²) in [6.07, 6.45) is 5.22. The molecule has 4 aromatic rings. The molecule has 0 aliphatic rings. The fourth-order valence-corrected chi connectivity index (χ4v) is 3.22. The Morgan fingerprint density at radius 3 is 2.62 bits per heavy atom. The molecule has 146 valence electrons. The molecule has 0 saturated carbocycles. The first kappa shape index (κ1) is 18.5. The highest BCUT2D eigenvalue weighted by atomic mass is 16.2. The minimum Gasteiger partial charge on any atom is -0.355 e. The summed E-state index contributed by atoms with van der Waals surface area (Å²) in [6, 6.07) is 11.6. The van der Waals surface area contributed by atoms with Crippen LogP contribution in [-0.2, 0) is 13.0 Å². The zero-order chi connectivity index (χ0) is 20.4. The van der Waals surface area contributed by atoms with Gasteiger partial charge in [-0.25, -0.2) is 9.97 Å². The highest BCUT2D eigenvalue weighted by Crippen LogP contribution is 2.19. The molecule has 0 bridgehead atoms. The Bertz CT molecular complexity index is 1190. The number of amides is 1. The smallest absolute Gasteiger partial charge is 0.254 e. The number of carbonyl (C=O) groups is 2. The van der Waals surface area contributed by atoms with Crippen LogP contribution in [0.25, 0.3) is 17.0 Å². The van der Waals surface area contributed by atoms with Crippen molar-refractivity contribution in [2.75, 3.05) is 7.05 Å². The molecule has 0 atom stereocenters. The van der Waals surface area contributed by atoms with Gasteiger partial charge in [0, 0.05) is 31.5 Å². The number of aryl methyl sites for hydroxylation is 1. The van der Waals surface area contributed by atoms with Gasteiger partial charge in [-0.05, 0) is 13.0 Å². The number of Topliss-reactive ketones (excluding diaryl/α,β-unsaturated/α-hetero) is 1. The zero-order valence-electron chi connectivity index (χ0n) is 16.2. The summed E-state index contributed by atoms with van der Waals surface area (Å²) in [7, 11) is 1.53. The SMILES string of the molecule is CCn1ncc(C(=O)NC)c1C(=O)Cc1ccn2cc(-c3ccccc3)nc2n1. The molecule has 0 aliphatic carbocycles. The van der Waals surface area contributed by atoms with Crippen LogP contribution in [0.4, 0.5) is 0 Å². The lowest BCUT2D eigenvalue weighted by Gasteiger charge is -2.07. The molecule has 3 heterocycles. The maximum atomic E-state index is 13.0. The van der Waals surface area contributed by atoms with Gasteiger partial charge in [-0.2, -0.15) is 5.10 Å². The number of hydrogen-bond donors (Lipinski definition) is 1. The minimum absolute atomic E-state index is 0.0553. The zero-order valence-corrected chi connectivity index (χ0v) is 16.2. The Balaban J connectivity index is 1.64. The van der Waals surface area contributed by atoms with Crippen molar-refractivity contribution >= 4 is 17.5 Å². The normalized spacial score (nSPS) is 11.0. The number of fused-ring (bicyclic) bond motifs is 1. The number of carbonyl (C=O) groups excluding carboxylic acids is 2. The van der Waals surface area contributed by atoms with E-state index in [-0.39, 0.29) is 23.7 Å². The molecule has 8 heteroatoms. The molecule has 0 spiro atoms. The number of ketones is 1. The Kier molecular flexibility index (Phi) is 4.90. The van der Waals surface area contributed by atoms with Gasteiger partial charge in [-0.15, -0.1) is 0 Å². The van der Waals surface area contributed by atoms with E-state index in [1.807, 2.05) is 54.0 Å². The van der Waals surface area contributed by atoms with E-state index < -0.39 is 0 Å². The molecule has 0 radical (unpaired) electrons. The fraction of sp³-hybridized carbons (Fsp3) is 0.190. The number of nitrogens with zero attached hydrogens (tertiary/aromatic N) is 5. The van der Waals surface area contributed by atoms with Gasteiger partial charge in [-0.1, -0.05) is 30.3 Å². The molecule has 8 nitrogen and oxygen atoms in total. The van der Waals surface area contributed by atoms with Crippen molar-refractivity contribution in [2.24, 2.45) is 0 Å². The standard InChI is InChI=1S/C21H20N6O2/c1-3-27-19(16(12-23-27)20(29)22-2)18(28)11-15-9-10-26-13-17(25-21(26)24-15)14-7-5-4-6-8-14/h4-10,12-13H,3,11H2,1-2H3,(H,22,29). The molecular weight excluding hydrogens is 368 g/mol. The van der Waals surface area contributed by atoms with E-state index in [2.05, 4.69) is 20.4 Å². The van der Waals surface area contributed by atoms with Crippen molar-refractivity contribution in [3.63, 3.8) is 0 Å². The van der Waals surface area contributed by atoms with E-state index in [1.54, 1.807) is 6.07 Å². The third-order valence-electron chi connectivity index (χ3n) is 4.67. The predicted molar refractivity (Wildman–Crippen MR) is 108 cm³/mol. The van der Waals surface area contributed by atoms with Gasteiger partial charge in [0.1, 0.15) is 5.69 Å². The molecule has 1 aromatic carbocycles. The second-order valence-electron chi connectivity index (χ2n) is 6.52. The van der Waals surface area contributed by atoms with Crippen LogP contribution in [0.3, 0.4) is 0 Å². The molecule has 29 heavy (non-hydrogen) atoms. The summed E-state index contributed by atoms with van der Waals surface area (Å²) in [5.41, 5.74) is 2.96. The number of hydrogen-bond acceptors (Lipinski definition) is 5. The van der Waals surface area contributed by atoms with Crippen molar-refractivity contribution in [3.8, 4) is 11.3 Å². The summed E-state index contributed by atoms with van der Waals surface area (Å²) < 4.78 is 3.36. The van der Waals surface area contributed by atoms with Gasteiger partial charge in [0.2, 0.25) is 5.78 Å². The number of nitrogens with one attached hydrogen (secondary N) is 1. The van der Waals surface area contributed by atoms with Crippen LogP contribution >= 0.6 is 0 Å². The van der Waals surface area contributed by atoms with Crippen LogP contribution in [0.1, 0.15) is 33.5 Å². The van der Waals surface area contributed by atoms with Gasteiger partial charge in [-0.3, -0.25) is 18.7 Å². The van der Waals surface area contributed by atoms with Crippen molar-refractivity contribution in [3.05, 3.63) is 71.9 Å². The lowest BCUT2D eigenvalue weighted by atomic mass is 10.1. The lowest BCUT2D eigenvalue weighted by molar-refractivity contribution is 0.0937. The van der Waals surface area contributed by atoms with E-state index >= 15 is 0 Å². The number of benzene rings is 1. The van der Waals surface area contributed by atoms with E-state index in [1.165, 1.54) is 17.9 Å². The number of rotatable bonds is 6. The molecule has 0 aliphatic heterocycles. The second kappa shape index (κ2) is 7.67. The quantitative estimate of drug-likeness (QED) is 0.512. The Labute approximate surface area is 167 Å². The maximum Gasteiger partial charge on any atom is 0.254 e. The molecule has 0 saturated heterocycles.